The fourth-order valence-corrected chi connectivity index (χ4v) is 4.28. The monoisotopic (exact) mass is 444 g/mol. The Bertz CT molecular complexity index is 848. The van der Waals surface area contributed by atoms with E-state index in [2.05, 4.69) is 50.1 Å². The average Bonchev–Trinajstić information content (AvgIpc) is 3.12. The molecule has 1 aromatic heterocycles. The molecule has 2 aliphatic rings. The Hall–Kier alpha value is -2.12. The molecule has 4 rings (SSSR count). The quantitative estimate of drug-likeness (QED) is 0.781. The van der Waals surface area contributed by atoms with E-state index in [1.165, 1.54) is 0 Å². The highest BCUT2D eigenvalue weighted by atomic mass is 79.9. The van der Waals surface area contributed by atoms with Crippen LogP contribution < -0.4 is 15.0 Å². The number of carbonyl (C=O) groups excluding carboxylic acids is 1. The number of halogens is 1. The number of rotatable bonds is 4. The zero-order chi connectivity index (χ0) is 19.7. The number of anilines is 2. The van der Waals surface area contributed by atoms with Crippen LogP contribution in [0.4, 0.5) is 11.5 Å². The molecular formula is C21H25BrN4O2. The molecule has 3 heterocycles. The van der Waals surface area contributed by atoms with Crippen molar-refractivity contribution in [1.82, 2.24) is 9.88 Å². The first-order chi connectivity index (χ1) is 13.5. The van der Waals surface area contributed by atoms with Gasteiger partial charge in [0.2, 0.25) is 5.91 Å². The molecule has 0 spiro atoms. The van der Waals surface area contributed by atoms with E-state index in [-0.39, 0.29) is 11.8 Å². The van der Waals surface area contributed by atoms with Gasteiger partial charge in [0, 0.05) is 29.2 Å². The van der Waals surface area contributed by atoms with Crippen LogP contribution in [0.2, 0.25) is 0 Å². The summed E-state index contributed by atoms with van der Waals surface area (Å²) in [5, 5.41) is 2.93. The number of nitrogens with one attached hydrogen (secondary N) is 1. The highest BCUT2D eigenvalue weighted by Gasteiger charge is 2.31. The molecule has 1 amide bonds. The van der Waals surface area contributed by atoms with Crippen LogP contribution in [0.1, 0.15) is 24.3 Å². The average molecular weight is 445 g/mol. The van der Waals surface area contributed by atoms with Crippen LogP contribution in [0.15, 0.2) is 41.0 Å². The second-order valence-corrected chi connectivity index (χ2v) is 8.53. The third-order valence-electron chi connectivity index (χ3n) is 5.63. The van der Waals surface area contributed by atoms with Gasteiger partial charge in [0.25, 0.3) is 0 Å². The number of pyridine rings is 1. The highest BCUT2D eigenvalue weighted by molar-refractivity contribution is 9.10. The third-order valence-corrected chi connectivity index (χ3v) is 6.12. The number of ether oxygens (including phenoxy) is 1. The van der Waals surface area contributed by atoms with Crippen molar-refractivity contribution in [2.45, 2.75) is 24.8 Å². The van der Waals surface area contributed by atoms with Crippen LogP contribution in [-0.2, 0) is 4.79 Å². The summed E-state index contributed by atoms with van der Waals surface area (Å²) in [6, 6.07) is 10.3. The lowest BCUT2D eigenvalue weighted by Crippen LogP contribution is -2.42. The highest BCUT2D eigenvalue weighted by Crippen LogP contribution is 2.36. The van der Waals surface area contributed by atoms with Gasteiger partial charge in [-0.05, 0) is 57.3 Å². The number of hydrogen-bond acceptors (Lipinski definition) is 5. The summed E-state index contributed by atoms with van der Waals surface area (Å²) in [5.41, 5.74) is 2.01. The number of hydrogen-bond donors (Lipinski definition) is 1. The lowest BCUT2D eigenvalue weighted by atomic mass is 10.0. The molecule has 1 saturated heterocycles. The smallest absolute Gasteiger partial charge is 0.236 e. The maximum Gasteiger partial charge on any atom is 0.236 e. The van der Waals surface area contributed by atoms with E-state index in [1.807, 2.05) is 36.5 Å². The zero-order valence-electron chi connectivity index (χ0n) is 16.2. The van der Waals surface area contributed by atoms with Crippen LogP contribution in [0.25, 0.3) is 0 Å². The van der Waals surface area contributed by atoms with E-state index in [4.69, 9.17) is 4.74 Å². The summed E-state index contributed by atoms with van der Waals surface area (Å²) < 4.78 is 6.58. The van der Waals surface area contributed by atoms with E-state index in [0.717, 1.165) is 47.4 Å². The Morgan fingerprint density at radius 2 is 2.04 bits per heavy atom. The van der Waals surface area contributed by atoms with Gasteiger partial charge in [-0.25, -0.2) is 4.98 Å². The van der Waals surface area contributed by atoms with Gasteiger partial charge in [-0.2, -0.15) is 0 Å². The summed E-state index contributed by atoms with van der Waals surface area (Å²) in [4.78, 5) is 21.8. The molecule has 1 atom stereocenters. The second kappa shape index (κ2) is 8.09. The maximum absolute atomic E-state index is 12.7. The van der Waals surface area contributed by atoms with E-state index < -0.39 is 0 Å². The molecule has 1 N–H and O–H groups in total. The van der Waals surface area contributed by atoms with Crippen LogP contribution in [0, 0.1) is 0 Å². The Morgan fingerprint density at radius 3 is 2.71 bits per heavy atom. The molecule has 1 aromatic carbocycles. The van der Waals surface area contributed by atoms with Crippen molar-refractivity contribution in [3.8, 4) is 5.75 Å². The molecule has 28 heavy (non-hydrogen) atoms. The predicted octanol–water partition coefficient (Wildman–Crippen LogP) is 3.49. The Kier molecular flexibility index (Phi) is 5.55. The first-order valence-corrected chi connectivity index (χ1v) is 10.4. The molecular weight excluding hydrogens is 420 g/mol. The minimum Gasteiger partial charge on any atom is -0.492 e. The number of aromatic nitrogens is 1. The van der Waals surface area contributed by atoms with E-state index >= 15 is 0 Å². The minimum absolute atomic E-state index is 0.0936. The number of nitrogens with zero attached hydrogens (tertiary/aromatic N) is 3. The van der Waals surface area contributed by atoms with Gasteiger partial charge in [-0.3, -0.25) is 4.79 Å². The number of carbonyl (C=O) groups is 1. The Morgan fingerprint density at radius 1 is 1.25 bits per heavy atom. The van der Waals surface area contributed by atoms with Crippen LogP contribution >= 0.6 is 15.9 Å². The van der Waals surface area contributed by atoms with Crippen molar-refractivity contribution in [1.29, 1.82) is 0 Å². The van der Waals surface area contributed by atoms with Crippen molar-refractivity contribution in [3.05, 3.63) is 46.6 Å². The first-order valence-electron chi connectivity index (χ1n) is 9.62. The van der Waals surface area contributed by atoms with Gasteiger partial charge in [0.05, 0.1) is 11.9 Å². The number of fused-ring (bicyclic) bond motifs is 1. The zero-order valence-corrected chi connectivity index (χ0v) is 17.8. The molecule has 7 heteroatoms. The van der Waals surface area contributed by atoms with Crippen LogP contribution in [0.5, 0.6) is 5.75 Å². The SMILES string of the molecule is CN(C)C1CCN(c2ccc(NC(=O)C3COc4ccc(Br)cc43)nc2)CC1. The lowest BCUT2D eigenvalue weighted by molar-refractivity contribution is -0.117. The van der Waals surface area contributed by atoms with E-state index in [9.17, 15) is 4.79 Å². The number of amides is 1. The van der Waals surface area contributed by atoms with Gasteiger partial charge in [-0.1, -0.05) is 15.9 Å². The summed E-state index contributed by atoms with van der Waals surface area (Å²) in [6.07, 6.45) is 4.16. The lowest BCUT2D eigenvalue weighted by Gasteiger charge is -2.36. The fraction of sp³-hybridized carbons (Fsp3) is 0.429. The van der Waals surface area contributed by atoms with Crippen molar-refractivity contribution in [2.24, 2.45) is 0 Å². The normalized spacial score (nSPS) is 19.4. The van der Waals surface area contributed by atoms with E-state index in [0.29, 0.717) is 18.5 Å². The number of benzene rings is 1. The molecule has 1 fully saturated rings. The van der Waals surface area contributed by atoms with Crippen molar-refractivity contribution >= 4 is 33.3 Å². The van der Waals surface area contributed by atoms with Gasteiger partial charge < -0.3 is 19.9 Å². The summed E-state index contributed by atoms with van der Waals surface area (Å²) >= 11 is 3.46. The van der Waals surface area contributed by atoms with Crippen molar-refractivity contribution < 1.29 is 9.53 Å². The predicted molar refractivity (Wildman–Crippen MR) is 114 cm³/mol. The standard InChI is InChI=1S/C21H25BrN4O2/c1-25(2)15-7-9-26(10-8-15)16-4-6-20(23-12-16)24-21(27)18-13-28-19-5-3-14(22)11-17(18)19/h3-6,11-12,15,18H,7-10,13H2,1-2H3,(H,23,24,27). The van der Waals surface area contributed by atoms with Crippen molar-refractivity contribution in [2.75, 3.05) is 44.0 Å². The molecule has 2 aromatic rings. The first kappa shape index (κ1) is 19.2. The topological polar surface area (TPSA) is 57.7 Å². The molecule has 2 aliphatic heterocycles. The van der Waals surface area contributed by atoms with Crippen LogP contribution in [0.3, 0.4) is 0 Å². The molecule has 0 bridgehead atoms. The Balaban J connectivity index is 1.38. The largest absolute Gasteiger partial charge is 0.492 e. The molecule has 1 unspecified atom stereocenters. The van der Waals surface area contributed by atoms with Gasteiger partial charge in [0.15, 0.2) is 0 Å². The third kappa shape index (κ3) is 4.00. The van der Waals surface area contributed by atoms with E-state index in [1.54, 1.807) is 0 Å². The minimum atomic E-state index is -0.320. The summed E-state index contributed by atoms with van der Waals surface area (Å²) in [7, 11) is 4.29. The molecule has 0 radical (unpaired) electrons. The Labute approximate surface area is 174 Å². The fourth-order valence-electron chi connectivity index (χ4n) is 3.90. The molecule has 6 nitrogen and oxygen atoms in total. The van der Waals surface area contributed by atoms with Gasteiger partial charge >= 0.3 is 0 Å². The van der Waals surface area contributed by atoms with Gasteiger partial charge in [0.1, 0.15) is 24.1 Å². The van der Waals surface area contributed by atoms with Crippen molar-refractivity contribution in [3.63, 3.8) is 0 Å². The molecule has 148 valence electrons. The van der Waals surface area contributed by atoms with Crippen LogP contribution in [-0.4, -0.2) is 55.6 Å². The summed E-state index contributed by atoms with van der Waals surface area (Å²) in [5.74, 6) is 0.927. The molecule has 0 aliphatic carbocycles. The summed E-state index contributed by atoms with van der Waals surface area (Å²) in [6.45, 7) is 2.42. The number of piperidine rings is 1. The second-order valence-electron chi connectivity index (χ2n) is 7.62. The van der Waals surface area contributed by atoms with Gasteiger partial charge in [-0.15, -0.1) is 0 Å². The molecule has 0 saturated carbocycles. The maximum atomic E-state index is 12.7.